The van der Waals surface area contributed by atoms with Crippen LogP contribution >= 0.6 is 0 Å². The van der Waals surface area contributed by atoms with Crippen LogP contribution in [0.25, 0.3) is 5.69 Å². The topological polar surface area (TPSA) is 46.9 Å². The summed E-state index contributed by atoms with van der Waals surface area (Å²) in [5.74, 6) is 1.11. The number of aryl methyl sites for hydroxylation is 1. The number of carbonyl (C=O) groups excluding carboxylic acids is 1. The molecule has 1 aromatic heterocycles. The number of amides is 1. The van der Waals surface area contributed by atoms with Crippen molar-refractivity contribution in [1.82, 2.24) is 14.9 Å². The zero-order chi connectivity index (χ0) is 15.0. The molecule has 0 saturated heterocycles. The van der Waals surface area contributed by atoms with E-state index in [1.807, 2.05) is 13.0 Å². The van der Waals surface area contributed by atoms with Crippen molar-refractivity contribution >= 4 is 5.91 Å². The minimum Gasteiger partial charge on any atom is -0.352 e. The lowest BCUT2D eigenvalue weighted by Gasteiger charge is -2.09. The first-order chi connectivity index (χ1) is 10.1. The van der Waals surface area contributed by atoms with Crippen LogP contribution in [-0.4, -0.2) is 15.5 Å². The molecule has 5 heteroatoms. The molecular formula is C16H18FN3O. The summed E-state index contributed by atoms with van der Waals surface area (Å²) in [7, 11) is 0. The molecule has 1 heterocycles. The SMILES string of the molecule is Cc1nccn1-c1ccc(CNC(=O)[C@@H]2C[C@H]2C)cc1F. The van der Waals surface area contributed by atoms with Crippen LogP contribution < -0.4 is 5.32 Å². The number of nitrogens with zero attached hydrogens (tertiary/aromatic N) is 2. The quantitative estimate of drug-likeness (QED) is 0.939. The molecular weight excluding hydrogens is 269 g/mol. The van der Waals surface area contributed by atoms with Crippen molar-refractivity contribution < 1.29 is 9.18 Å². The van der Waals surface area contributed by atoms with Gasteiger partial charge >= 0.3 is 0 Å². The number of benzene rings is 1. The van der Waals surface area contributed by atoms with E-state index < -0.39 is 0 Å². The standard InChI is InChI=1S/C16H18FN3O/c1-10-7-13(10)16(21)19-9-12-3-4-15(14(17)8-12)20-6-5-18-11(20)2/h3-6,8,10,13H,7,9H2,1-2H3,(H,19,21)/t10-,13-/m1/s1. The predicted octanol–water partition coefficient (Wildman–Crippen LogP) is 2.59. The van der Waals surface area contributed by atoms with E-state index in [0.717, 1.165) is 17.8 Å². The molecule has 1 fully saturated rings. The van der Waals surface area contributed by atoms with Gasteiger partial charge in [0.05, 0.1) is 5.69 Å². The Labute approximate surface area is 123 Å². The summed E-state index contributed by atoms with van der Waals surface area (Å²) >= 11 is 0. The van der Waals surface area contributed by atoms with Crippen LogP contribution in [0.15, 0.2) is 30.6 Å². The third-order valence-corrected chi connectivity index (χ3v) is 4.01. The van der Waals surface area contributed by atoms with Crippen molar-refractivity contribution in [2.24, 2.45) is 11.8 Å². The Kier molecular flexibility index (Phi) is 3.49. The van der Waals surface area contributed by atoms with Gasteiger partial charge in [-0.3, -0.25) is 4.79 Å². The number of nitrogens with one attached hydrogen (secondary N) is 1. The third kappa shape index (κ3) is 2.82. The molecule has 110 valence electrons. The number of imidazole rings is 1. The first-order valence-corrected chi connectivity index (χ1v) is 7.12. The molecule has 1 aromatic carbocycles. The fraction of sp³-hybridized carbons (Fsp3) is 0.375. The van der Waals surface area contributed by atoms with Crippen molar-refractivity contribution in [3.8, 4) is 5.69 Å². The molecule has 0 bridgehead atoms. The lowest BCUT2D eigenvalue weighted by Crippen LogP contribution is -2.24. The summed E-state index contributed by atoms with van der Waals surface area (Å²) in [5, 5.41) is 2.86. The van der Waals surface area contributed by atoms with Crippen molar-refractivity contribution in [2.75, 3.05) is 0 Å². The Hall–Kier alpha value is -2.17. The summed E-state index contributed by atoms with van der Waals surface area (Å²) in [6, 6.07) is 5.01. The first-order valence-electron chi connectivity index (χ1n) is 7.12. The Bertz CT molecular complexity index is 680. The van der Waals surface area contributed by atoms with E-state index in [4.69, 9.17) is 0 Å². The van der Waals surface area contributed by atoms with E-state index in [0.29, 0.717) is 18.2 Å². The van der Waals surface area contributed by atoms with Gasteiger partial charge in [0, 0.05) is 24.9 Å². The Morgan fingerprint density at radius 1 is 1.52 bits per heavy atom. The minimum atomic E-state index is -0.317. The van der Waals surface area contributed by atoms with E-state index in [9.17, 15) is 9.18 Å². The molecule has 1 saturated carbocycles. The normalized spacial score (nSPS) is 20.3. The van der Waals surface area contributed by atoms with Crippen LogP contribution in [0.5, 0.6) is 0 Å². The number of hydrogen-bond donors (Lipinski definition) is 1. The fourth-order valence-corrected chi connectivity index (χ4v) is 2.50. The molecule has 2 aromatic rings. The second-order valence-corrected chi connectivity index (χ2v) is 5.67. The van der Waals surface area contributed by atoms with Gasteiger partial charge < -0.3 is 9.88 Å². The molecule has 0 radical (unpaired) electrons. The summed E-state index contributed by atoms with van der Waals surface area (Å²) in [5.41, 5.74) is 1.23. The summed E-state index contributed by atoms with van der Waals surface area (Å²) in [6.07, 6.45) is 4.32. The minimum absolute atomic E-state index is 0.0671. The Balaban J connectivity index is 1.70. The van der Waals surface area contributed by atoms with Gasteiger partial charge in [-0.15, -0.1) is 0 Å². The molecule has 0 spiro atoms. The van der Waals surface area contributed by atoms with Crippen LogP contribution in [0.2, 0.25) is 0 Å². The average Bonchev–Trinajstić information content (AvgIpc) is 3.04. The summed E-state index contributed by atoms with van der Waals surface area (Å²) in [4.78, 5) is 15.8. The lowest BCUT2D eigenvalue weighted by atomic mass is 10.2. The number of rotatable bonds is 4. The van der Waals surface area contributed by atoms with Gasteiger partial charge in [-0.2, -0.15) is 0 Å². The molecule has 0 unspecified atom stereocenters. The van der Waals surface area contributed by atoms with Crippen molar-refractivity contribution in [2.45, 2.75) is 26.8 Å². The van der Waals surface area contributed by atoms with Crippen LogP contribution in [0.4, 0.5) is 4.39 Å². The van der Waals surface area contributed by atoms with Gasteiger partial charge in [0.15, 0.2) is 0 Å². The Morgan fingerprint density at radius 2 is 2.29 bits per heavy atom. The zero-order valence-corrected chi connectivity index (χ0v) is 12.1. The van der Waals surface area contributed by atoms with Gasteiger partial charge in [-0.05, 0) is 37.0 Å². The monoisotopic (exact) mass is 287 g/mol. The Morgan fingerprint density at radius 3 is 2.86 bits per heavy atom. The number of hydrogen-bond acceptors (Lipinski definition) is 2. The fourth-order valence-electron chi connectivity index (χ4n) is 2.50. The van der Waals surface area contributed by atoms with Gasteiger partial charge in [-0.25, -0.2) is 9.37 Å². The van der Waals surface area contributed by atoms with Crippen LogP contribution in [0, 0.1) is 24.6 Å². The summed E-state index contributed by atoms with van der Waals surface area (Å²) < 4.78 is 15.9. The molecule has 3 rings (SSSR count). The molecule has 1 amide bonds. The predicted molar refractivity (Wildman–Crippen MR) is 77.4 cm³/mol. The third-order valence-electron chi connectivity index (χ3n) is 4.01. The van der Waals surface area contributed by atoms with Gasteiger partial charge in [-0.1, -0.05) is 13.0 Å². The maximum Gasteiger partial charge on any atom is 0.223 e. The number of carbonyl (C=O) groups is 1. The maximum absolute atomic E-state index is 14.2. The molecule has 0 aliphatic heterocycles. The van der Waals surface area contributed by atoms with Crippen molar-refractivity contribution in [3.05, 3.63) is 47.8 Å². The highest BCUT2D eigenvalue weighted by molar-refractivity contribution is 5.81. The van der Waals surface area contributed by atoms with Crippen LogP contribution in [-0.2, 0) is 11.3 Å². The maximum atomic E-state index is 14.2. The smallest absolute Gasteiger partial charge is 0.223 e. The van der Waals surface area contributed by atoms with E-state index in [2.05, 4.69) is 17.2 Å². The molecule has 1 N–H and O–H groups in total. The van der Waals surface area contributed by atoms with Crippen molar-refractivity contribution in [3.63, 3.8) is 0 Å². The second-order valence-electron chi connectivity index (χ2n) is 5.67. The van der Waals surface area contributed by atoms with E-state index >= 15 is 0 Å². The molecule has 4 nitrogen and oxygen atoms in total. The largest absolute Gasteiger partial charge is 0.352 e. The highest BCUT2D eigenvalue weighted by Gasteiger charge is 2.38. The second kappa shape index (κ2) is 5.31. The van der Waals surface area contributed by atoms with E-state index in [1.165, 1.54) is 6.07 Å². The van der Waals surface area contributed by atoms with Gasteiger partial charge in [0.25, 0.3) is 0 Å². The summed E-state index contributed by atoms with van der Waals surface area (Å²) in [6.45, 7) is 4.25. The molecule has 1 aliphatic rings. The average molecular weight is 287 g/mol. The lowest BCUT2D eigenvalue weighted by molar-refractivity contribution is -0.122. The first kappa shape index (κ1) is 13.8. The van der Waals surface area contributed by atoms with Gasteiger partial charge in [0.1, 0.15) is 11.6 Å². The van der Waals surface area contributed by atoms with E-state index in [1.54, 1.807) is 23.0 Å². The van der Waals surface area contributed by atoms with E-state index in [-0.39, 0.29) is 17.6 Å². The van der Waals surface area contributed by atoms with Crippen molar-refractivity contribution in [1.29, 1.82) is 0 Å². The van der Waals surface area contributed by atoms with Crippen LogP contribution in [0.3, 0.4) is 0 Å². The highest BCUT2D eigenvalue weighted by atomic mass is 19.1. The zero-order valence-electron chi connectivity index (χ0n) is 12.1. The highest BCUT2D eigenvalue weighted by Crippen LogP contribution is 2.37. The van der Waals surface area contributed by atoms with Crippen LogP contribution in [0.1, 0.15) is 24.7 Å². The molecule has 1 aliphatic carbocycles. The van der Waals surface area contributed by atoms with Gasteiger partial charge in [0.2, 0.25) is 5.91 Å². The number of aromatic nitrogens is 2. The number of halogens is 1. The molecule has 2 atom stereocenters. The molecule has 21 heavy (non-hydrogen) atoms.